The Balaban J connectivity index is 1.33. The standard InChI is InChI=1S/C49H79N4O5/c1-5-9-42(45(55)27-39-24-38(30-53-39)31(2)16-18-51-3)37-22-33(20-32-17-19-52-49(50)23-32)21-35-13-15-41(34-10-7-6-8-11-34)43-29-47(57)48(58-4)26-36(43)12-14-40(54)28-46(56)44(35)25-37/h24,30-37,41-45,47-49,51-52,55,57H,5-12,14,16-23,25-29,50H2,1-4H3/q+1. The minimum Gasteiger partial charge on any atom is -0.391 e. The van der Waals surface area contributed by atoms with Crippen molar-refractivity contribution in [1.29, 1.82) is 0 Å². The van der Waals surface area contributed by atoms with Crippen LogP contribution in [0.2, 0.25) is 0 Å². The molecule has 6 N–H and O–H groups in total. The van der Waals surface area contributed by atoms with Crippen molar-refractivity contribution < 1.29 is 24.5 Å². The molecule has 6 aliphatic rings. The van der Waals surface area contributed by atoms with Gasteiger partial charge < -0.3 is 31.3 Å². The number of aliphatic hydroxyl groups is 2. The maximum absolute atomic E-state index is 14.7. The van der Waals surface area contributed by atoms with Crippen molar-refractivity contribution >= 4 is 17.8 Å². The Kier molecular flexibility index (Phi) is 17.4. The number of ketones is 2. The zero-order chi connectivity index (χ0) is 41.2. The molecule has 2 heterocycles. The van der Waals surface area contributed by atoms with Crippen LogP contribution >= 0.6 is 0 Å². The number of nitrogens with zero attached hydrogens (tertiary/aromatic N) is 1. The molecule has 0 aromatic rings. The molecular formula is C49H79N4O5+. The van der Waals surface area contributed by atoms with E-state index in [0.29, 0.717) is 49.4 Å². The molecule has 9 nitrogen and oxygen atoms in total. The number of hydrogen-bond acceptors (Lipinski definition) is 9. The van der Waals surface area contributed by atoms with Gasteiger partial charge in [0.15, 0.2) is 5.70 Å². The van der Waals surface area contributed by atoms with Gasteiger partial charge >= 0.3 is 0 Å². The number of carbonyl (C=O) groups excluding carboxylic acids is 2. The quantitative estimate of drug-likeness (QED) is 0.0705. The van der Waals surface area contributed by atoms with Crippen LogP contribution in [0.3, 0.4) is 0 Å². The van der Waals surface area contributed by atoms with E-state index in [1.54, 1.807) is 7.11 Å². The number of nitrogens with one attached hydrogen (secondary N) is 2. The molecule has 3 saturated carbocycles. The van der Waals surface area contributed by atoms with Gasteiger partial charge in [0.1, 0.15) is 29.8 Å². The van der Waals surface area contributed by atoms with E-state index in [2.05, 4.69) is 42.4 Å². The van der Waals surface area contributed by atoms with Crippen molar-refractivity contribution in [2.24, 2.45) is 75.8 Å². The van der Waals surface area contributed by atoms with Gasteiger partial charge in [-0.1, -0.05) is 44.4 Å². The predicted molar refractivity (Wildman–Crippen MR) is 232 cm³/mol. The van der Waals surface area contributed by atoms with Gasteiger partial charge in [0.05, 0.1) is 43.2 Å². The molecule has 0 spiro atoms. The van der Waals surface area contributed by atoms with Crippen LogP contribution in [-0.2, 0) is 14.3 Å². The Labute approximate surface area is 351 Å². The summed E-state index contributed by atoms with van der Waals surface area (Å²) in [6, 6.07) is 0. The average Bonchev–Trinajstić information content (AvgIpc) is 3.60. The third-order valence-corrected chi connectivity index (χ3v) is 15.7. The zero-order valence-corrected chi connectivity index (χ0v) is 36.5. The first-order valence-electron chi connectivity index (χ1n) is 23.8. The summed E-state index contributed by atoms with van der Waals surface area (Å²) >= 11 is 0. The van der Waals surface area contributed by atoms with E-state index < -0.39 is 12.2 Å². The van der Waals surface area contributed by atoms with Gasteiger partial charge in [-0.05, 0) is 152 Å². The molecule has 0 radical (unpaired) electrons. The SMILES string of the molecule is CCCC(C(O)CC1=C[C+](C(C)CCNC)C=N1)C1CC(CC2CCNC(N)C2)CC2C#CC(C3CCCCC3)C3CC(O)C(OC)CC3CCC(=O)CC(=O)C2C1. The summed E-state index contributed by atoms with van der Waals surface area (Å²) < 4.78 is 5.77. The minimum absolute atomic E-state index is 0.00657. The van der Waals surface area contributed by atoms with Crippen LogP contribution in [0, 0.1) is 82.9 Å². The molecule has 6 rings (SSSR count). The maximum Gasteiger partial charge on any atom is 0.177 e. The Morgan fingerprint density at radius 3 is 2.57 bits per heavy atom. The predicted octanol–water partition coefficient (Wildman–Crippen LogP) is 7.19. The minimum atomic E-state index is -0.569. The van der Waals surface area contributed by atoms with Crippen LogP contribution in [0.4, 0.5) is 0 Å². The van der Waals surface area contributed by atoms with Gasteiger partial charge in [0, 0.05) is 31.3 Å². The highest BCUT2D eigenvalue weighted by molar-refractivity contribution is 6.00. The second-order valence-corrected chi connectivity index (χ2v) is 19.8. The van der Waals surface area contributed by atoms with E-state index in [9.17, 15) is 19.8 Å². The topological polar surface area (TPSA) is 146 Å². The van der Waals surface area contributed by atoms with Crippen molar-refractivity contribution in [1.82, 2.24) is 10.6 Å². The Morgan fingerprint density at radius 1 is 1.02 bits per heavy atom. The summed E-state index contributed by atoms with van der Waals surface area (Å²) in [6.07, 6.45) is 20.3. The van der Waals surface area contributed by atoms with Crippen LogP contribution in [0.1, 0.15) is 142 Å². The van der Waals surface area contributed by atoms with Crippen molar-refractivity contribution in [3.05, 3.63) is 17.7 Å². The molecule has 0 aromatic carbocycles. The van der Waals surface area contributed by atoms with Crippen molar-refractivity contribution in [2.45, 2.75) is 167 Å². The van der Waals surface area contributed by atoms with Gasteiger partial charge in [0.2, 0.25) is 0 Å². The number of aliphatic hydroxyl groups excluding tert-OH is 2. The molecule has 4 fully saturated rings. The lowest BCUT2D eigenvalue weighted by molar-refractivity contribution is -0.131. The fourth-order valence-corrected chi connectivity index (χ4v) is 12.5. The third kappa shape index (κ3) is 12.1. The second kappa shape index (κ2) is 22.2. The van der Waals surface area contributed by atoms with E-state index >= 15 is 0 Å². The average molecular weight is 804 g/mol. The van der Waals surface area contributed by atoms with Gasteiger partial charge in [-0.2, -0.15) is 0 Å². The van der Waals surface area contributed by atoms with E-state index in [1.165, 1.54) is 25.2 Å². The van der Waals surface area contributed by atoms with Crippen LogP contribution in [-0.4, -0.2) is 79.7 Å². The molecule has 0 bridgehead atoms. The lowest BCUT2D eigenvalue weighted by Gasteiger charge is -2.44. The molecule has 14 atom stereocenters. The number of carbonyl (C=O) groups is 2. The number of piperidine rings is 1. The van der Waals surface area contributed by atoms with Crippen LogP contribution < -0.4 is 16.4 Å². The van der Waals surface area contributed by atoms with Crippen LogP contribution in [0.5, 0.6) is 0 Å². The lowest BCUT2D eigenvalue weighted by Crippen LogP contribution is -2.44. The van der Waals surface area contributed by atoms with E-state index in [4.69, 9.17) is 15.5 Å². The summed E-state index contributed by atoms with van der Waals surface area (Å²) in [7, 11) is 3.67. The summed E-state index contributed by atoms with van der Waals surface area (Å²) in [5.74, 6) is 11.2. The van der Waals surface area contributed by atoms with Gasteiger partial charge in [-0.15, -0.1) is 4.99 Å². The first-order valence-corrected chi connectivity index (χ1v) is 23.8. The van der Waals surface area contributed by atoms with Crippen molar-refractivity contribution in [3.8, 4) is 11.8 Å². The molecule has 4 aliphatic carbocycles. The molecule has 324 valence electrons. The lowest BCUT2D eigenvalue weighted by atomic mass is 9.63. The summed E-state index contributed by atoms with van der Waals surface area (Å²) in [4.78, 5) is 33.3. The molecule has 14 unspecified atom stereocenters. The molecule has 0 amide bonds. The van der Waals surface area contributed by atoms with Gasteiger partial charge in [-0.3, -0.25) is 9.59 Å². The largest absolute Gasteiger partial charge is 0.391 e. The third-order valence-electron chi connectivity index (χ3n) is 15.7. The Bertz CT molecular complexity index is 1450. The smallest absolute Gasteiger partial charge is 0.177 e. The number of fused-ring (bicyclic) bond motifs is 2. The number of hydrogen-bond donors (Lipinski definition) is 5. The first-order chi connectivity index (χ1) is 28.1. The first kappa shape index (κ1) is 45.5. The number of ether oxygens (including phenoxy) is 1. The van der Waals surface area contributed by atoms with E-state index in [0.717, 1.165) is 95.8 Å². The van der Waals surface area contributed by atoms with Gasteiger partial charge in [-0.25, -0.2) is 0 Å². The Morgan fingerprint density at radius 2 is 1.83 bits per heavy atom. The van der Waals surface area contributed by atoms with E-state index in [-0.39, 0.29) is 71.7 Å². The fraction of sp³-hybridized carbons (Fsp3) is 0.837. The fourth-order valence-electron chi connectivity index (χ4n) is 12.5. The number of aliphatic imine (C=N–C) groups is 1. The number of allylic oxidation sites excluding steroid dienone is 1. The second-order valence-electron chi connectivity index (χ2n) is 19.8. The summed E-state index contributed by atoms with van der Waals surface area (Å²) in [6.45, 7) is 6.32. The zero-order valence-electron chi connectivity index (χ0n) is 36.5. The highest BCUT2D eigenvalue weighted by Gasteiger charge is 2.45. The summed E-state index contributed by atoms with van der Waals surface area (Å²) in [5, 5.41) is 30.2. The molecule has 2 aliphatic heterocycles. The van der Waals surface area contributed by atoms with Gasteiger partial charge in [0.25, 0.3) is 0 Å². The number of Topliss-reactive ketones (excluding diaryl/α,β-unsaturated/α-hetero) is 2. The van der Waals surface area contributed by atoms with Crippen LogP contribution in [0.25, 0.3) is 0 Å². The molecule has 58 heavy (non-hydrogen) atoms. The highest BCUT2D eigenvalue weighted by Crippen LogP contribution is 2.48. The normalized spacial score (nSPS) is 36.9. The number of rotatable bonds is 14. The van der Waals surface area contributed by atoms with Crippen LogP contribution in [0.15, 0.2) is 16.8 Å². The molecule has 1 saturated heterocycles. The van der Waals surface area contributed by atoms with Crippen molar-refractivity contribution in [3.63, 3.8) is 0 Å². The Hall–Kier alpha value is -2.06. The van der Waals surface area contributed by atoms with E-state index in [1.807, 2.05) is 13.3 Å². The summed E-state index contributed by atoms with van der Waals surface area (Å²) in [5.41, 5.74) is 7.40. The maximum atomic E-state index is 14.7. The molecular weight excluding hydrogens is 725 g/mol. The number of methoxy groups -OCH3 is 1. The molecule has 9 heteroatoms. The molecule has 0 aromatic heterocycles. The monoisotopic (exact) mass is 804 g/mol. The highest BCUT2D eigenvalue weighted by atomic mass is 16.5. The van der Waals surface area contributed by atoms with Crippen molar-refractivity contribution in [2.75, 3.05) is 27.2 Å². The number of nitrogens with two attached hydrogens (primary N) is 1.